The molecule has 1 fully saturated rings. The van der Waals surface area contributed by atoms with E-state index in [2.05, 4.69) is 60.7 Å². The Morgan fingerprint density at radius 1 is 0.737 bits per heavy atom. The third-order valence-corrected chi connectivity index (χ3v) is 3.91. The Bertz CT molecular complexity index is 390. The molecule has 1 heterocycles. The molecule has 2 aromatic rings. The van der Waals surface area contributed by atoms with Gasteiger partial charge < -0.3 is 6.16 Å². The van der Waals surface area contributed by atoms with Gasteiger partial charge in [-0.1, -0.05) is 69.2 Å². The number of ether oxygens (including phenoxy) is 1. The largest absolute Gasteiger partial charge is 1.00 e. The maximum Gasteiger partial charge on any atom is 1.00 e. The summed E-state index contributed by atoms with van der Waals surface area (Å²) in [5.74, 6) is 0. The zero-order valence-electron chi connectivity index (χ0n) is 12.5. The van der Waals surface area contributed by atoms with Crippen LogP contribution in [0.25, 0.3) is 0 Å². The fourth-order valence-electron chi connectivity index (χ4n) is 1.72. The second kappa shape index (κ2) is 10.2. The summed E-state index contributed by atoms with van der Waals surface area (Å²) >= 11 is 0. The quantitative estimate of drug-likeness (QED) is 0.558. The molecule has 19 heavy (non-hydrogen) atoms. The minimum absolute atomic E-state index is 0. The smallest absolute Gasteiger partial charge is 1.00 e. The molecule has 0 bridgehead atoms. The predicted octanol–water partition coefficient (Wildman–Crippen LogP) is 0.229. The summed E-state index contributed by atoms with van der Waals surface area (Å²) in [5.41, 5.74) is 0. The van der Waals surface area contributed by atoms with E-state index in [1.165, 1.54) is 23.5 Å². The van der Waals surface area contributed by atoms with E-state index in [0.29, 0.717) is 0 Å². The zero-order valence-corrected chi connectivity index (χ0v) is 12.5. The summed E-state index contributed by atoms with van der Waals surface area (Å²) in [6.07, 6.45) is 2.56. The summed E-state index contributed by atoms with van der Waals surface area (Å²) in [6.45, 7) is 2.00. The van der Waals surface area contributed by atoms with Gasteiger partial charge in [0.15, 0.2) is 0 Å². The van der Waals surface area contributed by atoms with Crippen molar-refractivity contribution in [1.29, 1.82) is 0 Å². The Labute approximate surface area is 131 Å². The third-order valence-electron chi connectivity index (χ3n) is 2.66. The van der Waals surface area contributed by atoms with Gasteiger partial charge in [-0.15, -0.1) is 0 Å². The third kappa shape index (κ3) is 6.95. The van der Waals surface area contributed by atoms with Gasteiger partial charge in [0, 0.05) is 13.2 Å². The first-order valence-electron chi connectivity index (χ1n) is 6.40. The monoisotopic (exact) mass is 266 g/mol. The van der Waals surface area contributed by atoms with Gasteiger partial charge in [0.2, 0.25) is 0 Å². The number of benzene rings is 2. The first-order valence-corrected chi connectivity index (χ1v) is 7.40. The zero-order chi connectivity index (χ0) is 12.5. The van der Waals surface area contributed by atoms with E-state index < -0.39 is 0 Å². The minimum Gasteiger partial charge on any atom is -1.00 e. The van der Waals surface area contributed by atoms with Crippen molar-refractivity contribution in [3.05, 3.63) is 60.7 Å². The van der Waals surface area contributed by atoms with Crippen molar-refractivity contribution in [2.75, 3.05) is 13.2 Å². The molecule has 96 valence electrons. The van der Waals surface area contributed by atoms with E-state index in [-0.39, 0.29) is 20.3 Å². The van der Waals surface area contributed by atoms with Gasteiger partial charge in [-0.25, -0.2) is 0 Å². The van der Waals surface area contributed by atoms with Crippen molar-refractivity contribution in [3.8, 4) is 0 Å². The van der Waals surface area contributed by atoms with Gasteiger partial charge in [-0.05, 0) is 23.5 Å². The first-order chi connectivity index (χ1) is 8.95. The molecule has 0 atom stereocenters. The van der Waals surface area contributed by atoms with Gasteiger partial charge in [-0.2, -0.15) is 0 Å². The molecule has 1 nitrogen and oxygen atoms in total. The summed E-state index contributed by atoms with van der Waals surface area (Å²) < 4.78 is 4.94. The molecule has 0 spiro atoms. The number of hydrogen-bond acceptors (Lipinski definition) is 1. The van der Waals surface area contributed by atoms with Crippen LogP contribution in [-0.4, -0.2) is 13.2 Å². The van der Waals surface area contributed by atoms with Crippen molar-refractivity contribution in [3.63, 3.8) is 0 Å². The van der Waals surface area contributed by atoms with Crippen molar-refractivity contribution >= 4 is 19.2 Å². The van der Waals surface area contributed by atoms with Crippen molar-refractivity contribution in [2.24, 2.45) is 0 Å². The molecule has 0 radical (unpaired) electrons. The fourth-order valence-corrected chi connectivity index (χ4v) is 2.77. The Hall–Kier alpha value is -0.573. The molecule has 0 amide bonds. The van der Waals surface area contributed by atoms with Crippen LogP contribution >= 0.6 is 8.58 Å². The van der Waals surface area contributed by atoms with Crippen LogP contribution in [0.15, 0.2) is 60.7 Å². The van der Waals surface area contributed by atoms with Crippen LogP contribution in [0, 0.1) is 0 Å². The topological polar surface area (TPSA) is 9.23 Å². The molecule has 0 saturated carbocycles. The molecular formula is C16H20LiOP. The first kappa shape index (κ1) is 16.5. The van der Waals surface area contributed by atoms with Crippen LogP contribution in [0.5, 0.6) is 0 Å². The van der Waals surface area contributed by atoms with Gasteiger partial charge in [0.25, 0.3) is 0 Å². The maximum atomic E-state index is 4.94. The molecule has 1 saturated heterocycles. The fraction of sp³-hybridized carbons (Fsp3) is 0.250. The molecule has 2 aromatic carbocycles. The van der Waals surface area contributed by atoms with E-state index in [4.69, 9.17) is 4.74 Å². The van der Waals surface area contributed by atoms with Gasteiger partial charge >= 0.3 is 18.9 Å². The normalized spacial score (nSPS) is 13.1. The summed E-state index contributed by atoms with van der Waals surface area (Å²) in [6, 6.07) is 21.2. The summed E-state index contributed by atoms with van der Waals surface area (Å²) in [5, 5.41) is 2.79. The van der Waals surface area contributed by atoms with Crippen LogP contribution in [-0.2, 0) is 4.74 Å². The molecule has 0 unspecified atom stereocenters. The van der Waals surface area contributed by atoms with E-state index in [1.807, 2.05) is 0 Å². The van der Waals surface area contributed by atoms with E-state index >= 15 is 0 Å². The Balaban J connectivity index is 0.000000443. The van der Waals surface area contributed by atoms with E-state index in [9.17, 15) is 0 Å². The van der Waals surface area contributed by atoms with Crippen LogP contribution in [0.4, 0.5) is 0 Å². The SMILES string of the molecule is C1CCOC1.[H-].[Li+].c1ccc(Pc2ccccc2)cc1. The molecule has 1 aliphatic rings. The molecule has 0 aromatic heterocycles. The second-order valence-corrected chi connectivity index (χ2v) is 5.58. The van der Waals surface area contributed by atoms with Crippen LogP contribution in [0.3, 0.4) is 0 Å². The van der Waals surface area contributed by atoms with Gasteiger partial charge in [0.1, 0.15) is 0 Å². The number of hydrogen-bond donors (Lipinski definition) is 0. The van der Waals surface area contributed by atoms with Gasteiger partial charge in [-0.3, -0.25) is 0 Å². The Kier molecular flexibility index (Phi) is 8.89. The Morgan fingerprint density at radius 3 is 1.47 bits per heavy atom. The predicted molar refractivity (Wildman–Crippen MR) is 81.6 cm³/mol. The summed E-state index contributed by atoms with van der Waals surface area (Å²) in [4.78, 5) is 0. The Morgan fingerprint density at radius 2 is 1.16 bits per heavy atom. The van der Waals surface area contributed by atoms with Crippen molar-refractivity contribution in [2.45, 2.75) is 12.8 Å². The molecule has 0 aliphatic carbocycles. The summed E-state index contributed by atoms with van der Waals surface area (Å²) in [7, 11) is 0.777. The standard InChI is InChI=1S/C12H11P.C4H8O.Li.H/c1-3-7-11(8-4-1)13-12-9-5-2-6-10-12;1-2-4-5-3-1;;/h1-10,13H;1-4H2;;/q;;+1;-1. The minimum atomic E-state index is 0. The molecular weight excluding hydrogens is 246 g/mol. The molecule has 3 heteroatoms. The second-order valence-electron chi connectivity index (χ2n) is 4.18. The van der Waals surface area contributed by atoms with Crippen molar-refractivity contribution < 1.29 is 25.0 Å². The van der Waals surface area contributed by atoms with Crippen LogP contribution in [0.2, 0.25) is 0 Å². The van der Waals surface area contributed by atoms with E-state index in [0.717, 1.165) is 21.8 Å². The number of rotatable bonds is 2. The molecule has 1 aliphatic heterocycles. The maximum absolute atomic E-state index is 4.94. The average Bonchev–Trinajstić information content (AvgIpc) is 3.00. The van der Waals surface area contributed by atoms with E-state index in [1.54, 1.807) is 0 Å². The molecule has 0 N–H and O–H groups in total. The van der Waals surface area contributed by atoms with Crippen molar-refractivity contribution in [1.82, 2.24) is 0 Å². The van der Waals surface area contributed by atoms with Crippen LogP contribution < -0.4 is 29.5 Å². The van der Waals surface area contributed by atoms with Crippen LogP contribution in [0.1, 0.15) is 14.3 Å². The van der Waals surface area contributed by atoms with Gasteiger partial charge in [0.05, 0.1) is 0 Å². The average molecular weight is 266 g/mol. The molecule has 3 rings (SSSR count).